The molecule has 0 heterocycles. The number of nitrogens with two attached hydrogens (primary N) is 1. The molecule has 0 saturated carbocycles. The predicted molar refractivity (Wildman–Crippen MR) is 53.9 cm³/mol. The van der Waals surface area contributed by atoms with Crippen molar-refractivity contribution in [2.45, 2.75) is 25.1 Å². The molecule has 0 aliphatic heterocycles. The minimum absolute atomic E-state index is 0. The average Bonchev–Trinajstić information content (AvgIpc) is 2.46. The van der Waals surface area contributed by atoms with E-state index in [0.29, 0.717) is 5.56 Å². The zero-order chi connectivity index (χ0) is 10.3. The number of rotatable bonds is 0. The molecule has 2 N–H and O–H groups in total. The van der Waals surface area contributed by atoms with Crippen LogP contribution in [0.4, 0.5) is 13.2 Å². The minimum Gasteiger partial charge on any atom is -0.324 e. The van der Waals surface area contributed by atoms with E-state index in [1.807, 2.05) is 0 Å². The molecule has 1 aliphatic carbocycles. The Bertz CT molecular complexity index is 362. The van der Waals surface area contributed by atoms with Crippen LogP contribution in [0, 0.1) is 0 Å². The highest BCUT2D eigenvalue weighted by Gasteiger charge is 2.32. The van der Waals surface area contributed by atoms with Crippen LogP contribution in [0.5, 0.6) is 0 Å². The number of alkyl halides is 3. The summed E-state index contributed by atoms with van der Waals surface area (Å²) in [5, 5.41) is 0. The van der Waals surface area contributed by atoms with Gasteiger partial charge in [0.05, 0.1) is 5.56 Å². The fraction of sp³-hybridized carbons (Fsp3) is 0.400. The van der Waals surface area contributed by atoms with Crippen molar-refractivity contribution in [2.75, 3.05) is 0 Å². The van der Waals surface area contributed by atoms with Crippen LogP contribution in [0.15, 0.2) is 18.2 Å². The summed E-state index contributed by atoms with van der Waals surface area (Å²) in [5.74, 6) is 0. The Kier molecular flexibility index (Phi) is 3.31. The summed E-state index contributed by atoms with van der Waals surface area (Å²) in [6, 6.07) is 3.60. The van der Waals surface area contributed by atoms with Crippen LogP contribution in [-0.4, -0.2) is 0 Å². The van der Waals surface area contributed by atoms with Crippen molar-refractivity contribution in [3.63, 3.8) is 0 Å². The lowest BCUT2D eigenvalue weighted by atomic mass is 10.0. The fourth-order valence-electron chi connectivity index (χ4n) is 1.81. The van der Waals surface area contributed by atoms with Gasteiger partial charge in [-0.3, -0.25) is 0 Å². The zero-order valence-electron chi connectivity index (χ0n) is 7.84. The van der Waals surface area contributed by atoms with Gasteiger partial charge < -0.3 is 5.73 Å². The van der Waals surface area contributed by atoms with Crippen molar-refractivity contribution in [2.24, 2.45) is 5.73 Å². The Hall–Kier alpha value is -0.740. The van der Waals surface area contributed by atoms with Crippen LogP contribution in [-0.2, 0) is 12.6 Å². The maximum Gasteiger partial charge on any atom is 0.416 e. The molecule has 0 amide bonds. The molecule has 0 saturated heterocycles. The van der Waals surface area contributed by atoms with Gasteiger partial charge in [-0.2, -0.15) is 13.2 Å². The number of aryl methyl sites for hydroxylation is 1. The van der Waals surface area contributed by atoms with Crippen molar-refractivity contribution >= 4 is 12.4 Å². The van der Waals surface area contributed by atoms with E-state index in [9.17, 15) is 13.2 Å². The molecule has 0 fully saturated rings. The van der Waals surface area contributed by atoms with E-state index in [4.69, 9.17) is 5.73 Å². The third kappa shape index (κ3) is 2.26. The van der Waals surface area contributed by atoms with E-state index >= 15 is 0 Å². The second kappa shape index (κ2) is 4.02. The van der Waals surface area contributed by atoms with Gasteiger partial charge in [-0.1, -0.05) is 6.07 Å². The average molecular weight is 238 g/mol. The van der Waals surface area contributed by atoms with E-state index in [0.717, 1.165) is 24.5 Å². The van der Waals surface area contributed by atoms with Gasteiger partial charge in [-0.05, 0) is 36.1 Å². The van der Waals surface area contributed by atoms with Crippen molar-refractivity contribution in [1.82, 2.24) is 0 Å². The molecule has 1 aliphatic rings. The van der Waals surface area contributed by atoms with E-state index in [1.54, 1.807) is 0 Å². The number of halogens is 4. The van der Waals surface area contributed by atoms with E-state index in [-0.39, 0.29) is 18.4 Å². The normalized spacial score (nSPS) is 19.6. The van der Waals surface area contributed by atoms with Crippen LogP contribution in [0.2, 0.25) is 0 Å². The summed E-state index contributed by atoms with van der Waals surface area (Å²) in [6.07, 6.45) is -2.73. The molecule has 0 unspecified atom stereocenters. The first-order valence-corrected chi connectivity index (χ1v) is 4.44. The molecule has 0 aromatic heterocycles. The van der Waals surface area contributed by atoms with Crippen molar-refractivity contribution in [3.05, 3.63) is 34.9 Å². The number of hydrogen-bond acceptors (Lipinski definition) is 1. The van der Waals surface area contributed by atoms with Crippen molar-refractivity contribution in [1.29, 1.82) is 0 Å². The van der Waals surface area contributed by atoms with Gasteiger partial charge in [0.1, 0.15) is 0 Å². The molecule has 5 heteroatoms. The van der Waals surface area contributed by atoms with Gasteiger partial charge in [0.25, 0.3) is 0 Å². The van der Waals surface area contributed by atoms with Gasteiger partial charge in [0.2, 0.25) is 0 Å². The summed E-state index contributed by atoms with van der Waals surface area (Å²) < 4.78 is 37.0. The number of benzene rings is 1. The monoisotopic (exact) mass is 237 g/mol. The molecule has 1 atom stereocenters. The van der Waals surface area contributed by atoms with Gasteiger partial charge in [0, 0.05) is 6.04 Å². The molecule has 15 heavy (non-hydrogen) atoms. The van der Waals surface area contributed by atoms with E-state index < -0.39 is 11.7 Å². The maximum absolute atomic E-state index is 12.3. The van der Waals surface area contributed by atoms with Crippen LogP contribution in [0.3, 0.4) is 0 Å². The van der Waals surface area contributed by atoms with Crippen molar-refractivity contribution < 1.29 is 13.2 Å². The minimum atomic E-state index is -4.27. The first kappa shape index (κ1) is 12.3. The molecular weight excluding hydrogens is 227 g/mol. The number of hydrogen-bond donors (Lipinski definition) is 1. The largest absolute Gasteiger partial charge is 0.416 e. The lowest BCUT2D eigenvalue weighted by Crippen LogP contribution is -2.09. The van der Waals surface area contributed by atoms with Gasteiger partial charge in [-0.25, -0.2) is 0 Å². The molecular formula is C10H11ClF3N. The molecule has 1 nitrogen and oxygen atoms in total. The molecule has 0 radical (unpaired) electrons. The second-order valence-electron chi connectivity index (χ2n) is 3.56. The standard InChI is InChI=1S/C10H10F3N.ClH/c11-10(12,13)7-3-1-6-2-4-9(14)8(6)5-7;/h1,3,5,9H,2,4,14H2;1H/t9-;/m0./s1. The topological polar surface area (TPSA) is 26.0 Å². The first-order chi connectivity index (χ1) is 6.48. The Morgan fingerprint density at radius 2 is 1.93 bits per heavy atom. The van der Waals surface area contributed by atoms with Crippen LogP contribution in [0.1, 0.15) is 29.2 Å². The lowest BCUT2D eigenvalue weighted by Gasteiger charge is -2.10. The van der Waals surface area contributed by atoms with Crippen LogP contribution >= 0.6 is 12.4 Å². The van der Waals surface area contributed by atoms with Gasteiger partial charge >= 0.3 is 6.18 Å². The summed E-state index contributed by atoms with van der Waals surface area (Å²) in [4.78, 5) is 0. The summed E-state index contributed by atoms with van der Waals surface area (Å²) in [7, 11) is 0. The van der Waals surface area contributed by atoms with Crippen LogP contribution in [0.25, 0.3) is 0 Å². The summed E-state index contributed by atoms with van der Waals surface area (Å²) in [6.45, 7) is 0. The maximum atomic E-state index is 12.3. The van der Waals surface area contributed by atoms with E-state index in [1.165, 1.54) is 12.1 Å². The number of fused-ring (bicyclic) bond motifs is 1. The zero-order valence-corrected chi connectivity index (χ0v) is 8.66. The summed E-state index contributed by atoms with van der Waals surface area (Å²) >= 11 is 0. The quantitative estimate of drug-likeness (QED) is 0.737. The van der Waals surface area contributed by atoms with Crippen LogP contribution < -0.4 is 5.73 Å². The lowest BCUT2D eigenvalue weighted by molar-refractivity contribution is -0.137. The smallest absolute Gasteiger partial charge is 0.324 e. The highest BCUT2D eigenvalue weighted by Crippen LogP contribution is 2.35. The Balaban J connectivity index is 0.00000112. The molecule has 0 bridgehead atoms. The fourth-order valence-corrected chi connectivity index (χ4v) is 1.81. The molecule has 84 valence electrons. The van der Waals surface area contributed by atoms with Gasteiger partial charge in [-0.15, -0.1) is 12.4 Å². The second-order valence-corrected chi connectivity index (χ2v) is 3.56. The molecule has 1 aromatic carbocycles. The molecule has 2 rings (SSSR count). The summed E-state index contributed by atoms with van der Waals surface area (Å²) in [5.41, 5.74) is 6.69. The SMILES string of the molecule is Cl.N[C@H]1CCc2ccc(C(F)(F)F)cc21. The Labute approximate surface area is 91.9 Å². The third-order valence-corrected chi connectivity index (χ3v) is 2.60. The third-order valence-electron chi connectivity index (χ3n) is 2.60. The first-order valence-electron chi connectivity index (χ1n) is 4.44. The molecule has 1 aromatic rings. The Morgan fingerprint density at radius 1 is 1.27 bits per heavy atom. The highest BCUT2D eigenvalue weighted by atomic mass is 35.5. The highest BCUT2D eigenvalue weighted by molar-refractivity contribution is 5.85. The molecule has 0 spiro atoms. The van der Waals surface area contributed by atoms with Crippen molar-refractivity contribution in [3.8, 4) is 0 Å². The van der Waals surface area contributed by atoms with Gasteiger partial charge in [0.15, 0.2) is 0 Å². The Morgan fingerprint density at radius 3 is 2.53 bits per heavy atom. The predicted octanol–water partition coefficient (Wildman–Crippen LogP) is 3.07. The van der Waals surface area contributed by atoms with E-state index in [2.05, 4.69) is 0 Å².